The molecule has 0 unspecified atom stereocenters. The lowest BCUT2D eigenvalue weighted by atomic mass is 10.0. The molecule has 2 aromatic heterocycles. The second-order valence-corrected chi connectivity index (χ2v) is 6.95. The van der Waals surface area contributed by atoms with E-state index < -0.39 is 12.1 Å². The number of benzene rings is 1. The van der Waals surface area contributed by atoms with Crippen LogP contribution in [0.1, 0.15) is 33.3 Å². The Bertz CT molecular complexity index is 1190. The van der Waals surface area contributed by atoms with E-state index in [0.717, 1.165) is 34.6 Å². The minimum atomic E-state index is -5.08. The topological polar surface area (TPSA) is 112 Å². The van der Waals surface area contributed by atoms with Crippen LogP contribution in [0.3, 0.4) is 0 Å². The van der Waals surface area contributed by atoms with Gasteiger partial charge < -0.3 is 15.4 Å². The van der Waals surface area contributed by atoms with E-state index in [4.69, 9.17) is 9.90 Å². The normalized spacial score (nSPS) is 12.8. The lowest BCUT2D eigenvalue weighted by molar-refractivity contribution is -0.192. The maximum Gasteiger partial charge on any atom is 0.490 e. The van der Waals surface area contributed by atoms with Crippen molar-refractivity contribution in [3.05, 3.63) is 65.5 Å². The third kappa shape index (κ3) is 5.20. The lowest BCUT2D eigenvalue weighted by Crippen LogP contribution is -2.31. The van der Waals surface area contributed by atoms with Crippen molar-refractivity contribution in [2.24, 2.45) is 0 Å². The number of alkyl halides is 3. The molecule has 1 aliphatic heterocycles. The van der Waals surface area contributed by atoms with Crippen LogP contribution in [0.4, 0.5) is 13.2 Å². The van der Waals surface area contributed by atoms with Gasteiger partial charge in [-0.05, 0) is 31.2 Å². The number of pyridine rings is 1. The number of hydrogen-bond acceptors (Lipinski definition) is 4. The molecular weight excluding hydrogens is 427 g/mol. The minimum Gasteiger partial charge on any atom is -0.475 e. The summed E-state index contributed by atoms with van der Waals surface area (Å²) in [5, 5.41) is 9.98. The fourth-order valence-corrected chi connectivity index (χ4v) is 3.10. The molecule has 3 N–H and O–H groups in total. The first-order valence-corrected chi connectivity index (χ1v) is 9.44. The van der Waals surface area contributed by atoms with Crippen LogP contribution in [0.2, 0.25) is 0 Å². The Kier molecular flexibility index (Phi) is 6.42. The zero-order chi connectivity index (χ0) is 23.5. The monoisotopic (exact) mass is 445 g/mol. The van der Waals surface area contributed by atoms with Crippen molar-refractivity contribution >= 4 is 17.7 Å². The highest BCUT2D eigenvalue weighted by Gasteiger charge is 2.38. The molecule has 0 aliphatic carbocycles. The number of fused-ring (bicyclic) bond motifs is 1. The van der Waals surface area contributed by atoms with Crippen LogP contribution in [0.15, 0.2) is 48.7 Å². The van der Waals surface area contributed by atoms with Crippen molar-refractivity contribution < 1.29 is 32.7 Å². The number of carboxylic acid groups (broad SMARTS) is 1. The Hall–Kier alpha value is -3.95. The highest BCUT2D eigenvalue weighted by Crippen LogP contribution is 2.27. The van der Waals surface area contributed by atoms with E-state index in [2.05, 4.69) is 15.3 Å². The molecule has 3 heterocycles. The van der Waals surface area contributed by atoms with Gasteiger partial charge in [-0.15, -0.1) is 0 Å². The summed E-state index contributed by atoms with van der Waals surface area (Å²) in [5.74, 6) is -2.76. The number of carbonyl (C=O) groups is 3. The number of rotatable bonds is 3. The van der Waals surface area contributed by atoms with Crippen molar-refractivity contribution in [2.45, 2.75) is 19.5 Å². The SMILES string of the molecule is CC(=O)c1cccc(-c2cc(-c3cc4c([nH]3)CCNC4=O)ccn2)c1.O=C(O)C(F)(F)F. The van der Waals surface area contributed by atoms with E-state index in [-0.39, 0.29) is 11.7 Å². The minimum absolute atomic E-state index is 0.0288. The lowest BCUT2D eigenvalue weighted by Gasteiger charge is -2.11. The fourth-order valence-electron chi connectivity index (χ4n) is 3.10. The first-order chi connectivity index (χ1) is 15.1. The van der Waals surface area contributed by atoms with E-state index in [0.29, 0.717) is 17.7 Å². The number of carbonyl (C=O) groups excluding carboxylic acids is 2. The second-order valence-electron chi connectivity index (χ2n) is 6.95. The van der Waals surface area contributed by atoms with Gasteiger partial charge in [-0.2, -0.15) is 13.2 Å². The molecule has 1 amide bonds. The highest BCUT2D eigenvalue weighted by molar-refractivity contribution is 5.98. The molecule has 0 saturated carbocycles. The second kappa shape index (κ2) is 9.04. The van der Waals surface area contributed by atoms with Crippen LogP contribution in [-0.2, 0) is 11.2 Å². The molecule has 0 saturated heterocycles. The number of nitrogens with one attached hydrogen (secondary N) is 2. The number of H-pyrrole nitrogens is 1. The number of carboxylic acids is 1. The summed E-state index contributed by atoms with van der Waals surface area (Å²) in [6.45, 7) is 2.21. The van der Waals surface area contributed by atoms with Crippen molar-refractivity contribution in [1.29, 1.82) is 0 Å². The number of ketones is 1. The number of nitrogens with zero attached hydrogens (tertiary/aromatic N) is 1. The van der Waals surface area contributed by atoms with E-state index in [1.165, 1.54) is 0 Å². The number of halogens is 3. The van der Waals surface area contributed by atoms with Gasteiger partial charge in [0, 0.05) is 47.2 Å². The Morgan fingerprint density at radius 1 is 1.09 bits per heavy atom. The number of aromatic nitrogens is 2. The van der Waals surface area contributed by atoms with Crippen LogP contribution in [0, 0.1) is 0 Å². The predicted molar refractivity (Wildman–Crippen MR) is 109 cm³/mol. The van der Waals surface area contributed by atoms with Crippen molar-refractivity contribution in [2.75, 3.05) is 6.54 Å². The summed E-state index contributed by atoms with van der Waals surface area (Å²) >= 11 is 0. The molecule has 0 fully saturated rings. The Balaban J connectivity index is 0.000000360. The molecule has 3 aromatic rings. The molecule has 7 nitrogen and oxygen atoms in total. The standard InChI is InChI=1S/C20H17N3O2.C2HF3O2/c1-12(24)13-3-2-4-14(9-13)18-10-15(5-7-21-18)19-11-16-17(23-19)6-8-22-20(16)25;3-2(4,5)1(6)7/h2-5,7,9-11,23H,6,8H2,1H3,(H,22,25);(H,6,7). The summed E-state index contributed by atoms with van der Waals surface area (Å²) in [7, 11) is 0. The molecule has 0 bridgehead atoms. The third-order valence-electron chi connectivity index (χ3n) is 4.68. The molecule has 1 aromatic carbocycles. The Morgan fingerprint density at radius 2 is 1.81 bits per heavy atom. The number of hydrogen-bond donors (Lipinski definition) is 3. The van der Waals surface area contributed by atoms with Crippen molar-refractivity contribution in [3.63, 3.8) is 0 Å². The third-order valence-corrected chi connectivity index (χ3v) is 4.68. The van der Waals surface area contributed by atoms with Gasteiger partial charge in [-0.1, -0.05) is 18.2 Å². The van der Waals surface area contributed by atoms with Gasteiger partial charge in [0.1, 0.15) is 0 Å². The summed E-state index contributed by atoms with van der Waals surface area (Å²) < 4.78 is 31.7. The molecule has 0 radical (unpaired) electrons. The first-order valence-electron chi connectivity index (χ1n) is 9.44. The molecular formula is C22H18F3N3O4. The zero-order valence-corrected chi connectivity index (χ0v) is 16.8. The Labute approximate surface area is 180 Å². The number of aliphatic carboxylic acids is 1. The van der Waals surface area contributed by atoms with Gasteiger partial charge in [-0.25, -0.2) is 4.79 Å². The smallest absolute Gasteiger partial charge is 0.475 e. The number of amides is 1. The first kappa shape index (κ1) is 22.7. The van der Waals surface area contributed by atoms with Crippen LogP contribution >= 0.6 is 0 Å². The zero-order valence-electron chi connectivity index (χ0n) is 16.8. The van der Waals surface area contributed by atoms with E-state index >= 15 is 0 Å². The summed E-state index contributed by atoms with van der Waals surface area (Å²) in [4.78, 5) is 40.2. The molecule has 0 atom stereocenters. The van der Waals surface area contributed by atoms with E-state index in [1.807, 2.05) is 36.4 Å². The number of Topliss-reactive ketones (excluding diaryl/α,β-unsaturated/α-hetero) is 1. The van der Waals surface area contributed by atoms with Gasteiger partial charge >= 0.3 is 12.1 Å². The maximum atomic E-state index is 11.9. The van der Waals surface area contributed by atoms with Gasteiger partial charge in [0.2, 0.25) is 0 Å². The van der Waals surface area contributed by atoms with E-state index in [1.54, 1.807) is 19.2 Å². The average Bonchev–Trinajstić information content (AvgIpc) is 3.20. The van der Waals surface area contributed by atoms with Gasteiger partial charge in [0.25, 0.3) is 5.91 Å². The van der Waals surface area contributed by atoms with Crippen LogP contribution < -0.4 is 5.32 Å². The van der Waals surface area contributed by atoms with Gasteiger partial charge in [0.05, 0.1) is 11.3 Å². The van der Waals surface area contributed by atoms with Gasteiger partial charge in [0.15, 0.2) is 5.78 Å². The summed E-state index contributed by atoms with van der Waals surface area (Å²) in [6, 6.07) is 13.2. The Morgan fingerprint density at radius 3 is 2.44 bits per heavy atom. The molecule has 10 heteroatoms. The quantitative estimate of drug-likeness (QED) is 0.530. The van der Waals surface area contributed by atoms with Crippen molar-refractivity contribution in [1.82, 2.24) is 15.3 Å². The fraction of sp³-hybridized carbons (Fsp3) is 0.182. The molecule has 0 spiro atoms. The highest BCUT2D eigenvalue weighted by atomic mass is 19.4. The van der Waals surface area contributed by atoms with Gasteiger partial charge in [-0.3, -0.25) is 14.6 Å². The molecule has 1 aliphatic rings. The van der Waals surface area contributed by atoms with Crippen LogP contribution in [0.25, 0.3) is 22.5 Å². The molecule has 32 heavy (non-hydrogen) atoms. The summed E-state index contributed by atoms with van der Waals surface area (Å²) in [5.41, 5.74) is 5.88. The predicted octanol–water partition coefficient (Wildman–Crippen LogP) is 3.87. The summed E-state index contributed by atoms with van der Waals surface area (Å²) in [6.07, 6.45) is -2.54. The number of aromatic amines is 1. The van der Waals surface area contributed by atoms with Crippen molar-refractivity contribution in [3.8, 4) is 22.5 Å². The van der Waals surface area contributed by atoms with Crippen LogP contribution in [-0.4, -0.2) is 45.5 Å². The average molecular weight is 445 g/mol. The maximum absolute atomic E-state index is 11.9. The largest absolute Gasteiger partial charge is 0.490 e. The van der Waals surface area contributed by atoms with E-state index in [9.17, 15) is 22.8 Å². The molecule has 4 rings (SSSR count). The molecule has 166 valence electrons. The van der Waals surface area contributed by atoms with Crippen LogP contribution in [0.5, 0.6) is 0 Å².